The molecule has 220 valence electrons. The van der Waals surface area contributed by atoms with Gasteiger partial charge >= 0.3 is 17.7 Å². The fourth-order valence-corrected chi connectivity index (χ4v) is 4.74. The monoisotopic (exact) mass is 594 g/mol. The van der Waals surface area contributed by atoms with Gasteiger partial charge in [-0.1, -0.05) is 18.2 Å². The van der Waals surface area contributed by atoms with E-state index in [1.807, 2.05) is 12.1 Å². The van der Waals surface area contributed by atoms with Gasteiger partial charge in [-0.3, -0.25) is 9.78 Å². The molecule has 0 saturated carbocycles. The van der Waals surface area contributed by atoms with Crippen LogP contribution in [-0.2, 0) is 4.74 Å². The lowest BCUT2D eigenvalue weighted by atomic mass is 10.1. The number of imidazole rings is 1. The molecule has 0 aliphatic carbocycles. The Morgan fingerprint density at radius 2 is 1.84 bits per heavy atom. The molecule has 0 spiro atoms. The zero-order valence-corrected chi connectivity index (χ0v) is 23.3. The lowest BCUT2D eigenvalue weighted by molar-refractivity contribution is 0.0521. The number of aryl methyl sites for hydroxylation is 1. The van der Waals surface area contributed by atoms with Crippen LogP contribution in [0.5, 0.6) is 0 Å². The van der Waals surface area contributed by atoms with Gasteiger partial charge in [0.2, 0.25) is 0 Å². The number of amides is 1. The summed E-state index contributed by atoms with van der Waals surface area (Å²) in [4.78, 5) is 63.6. The van der Waals surface area contributed by atoms with E-state index in [0.29, 0.717) is 17.2 Å². The minimum absolute atomic E-state index is 0.0121. The lowest BCUT2D eigenvalue weighted by Crippen LogP contribution is -2.42. The van der Waals surface area contributed by atoms with E-state index in [-0.39, 0.29) is 33.6 Å². The molecule has 0 aliphatic rings. The molecule has 0 fully saturated rings. The molecule has 0 bridgehead atoms. The van der Waals surface area contributed by atoms with E-state index >= 15 is 4.39 Å². The van der Waals surface area contributed by atoms with Crippen molar-refractivity contribution in [3.63, 3.8) is 0 Å². The first-order valence-corrected chi connectivity index (χ1v) is 13.3. The van der Waals surface area contributed by atoms with Crippen LogP contribution in [0.25, 0.3) is 33.5 Å². The Hall–Kier alpha value is -6.18. The molecule has 1 amide bonds. The van der Waals surface area contributed by atoms with Gasteiger partial charge in [0.25, 0.3) is 5.56 Å². The van der Waals surface area contributed by atoms with Gasteiger partial charge in [0.1, 0.15) is 17.2 Å². The summed E-state index contributed by atoms with van der Waals surface area (Å²) in [6, 6.07) is 13.3. The molecule has 0 aliphatic heterocycles. The van der Waals surface area contributed by atoms with Crippen LogP contribution in [0.3, 0.4) is 0 Å². The minimum Gasteiger partial charge on any atom is -0.461 e. The number of hydrogen-bond donors (Lipinski definition) is 2. The summed E-state index contributed by atoms with van der Waals surface area (Å²) in [6.45, 7) is 3.35. The molecule has 2 aromatic carbocycles. The number of fused-ring (bicyclic) bond motifs is 1. The zero-order chi connectivity index (χ0) is 31.0. The third kappa shape index (κ3) is 4.93. The number of nitrogens with one attached hydrogen (secondary N) is 2. The Balaban J connectivity index is 1.46. The third-order valence-corrected chi connectivity index (χ3v) is 6.78. The van der Waals surface area contributed by atoms with E-state index in [1.165, 1.54) is 12.1 Å². The predicted molar refractivity (Wildman–Crippen MR) is 158 cm³/mol. The van der Waals surface area contributed by atoms with Crippen LogP contribution in [-0.4, -0.2) is 52.5 Å². The van der Waals surface area contributed by atoms with E-state index in [4.69, 9.17) is 4.74 Å². The summed E-state index contributed by atoms with van der Waals surface area (Å²) in [5.74, 6) is -1.07. The molecule has 4 aromatic heterocycles. The van der Waals surface area contributed by atoms with Crippen LogP contribution in [0.15, 0.2) is 89.0 Å². The van der Waals surface area contributed by atoms with E-state index < -0.39 is 29.1 Å². The Morgan fingerprint density at radius 1 is 1.02 bits per heavy atom. The summed E-state index contributed by atoms with van der Waals surface area (Å²) in [7, 11) is 0. The number of rotatable bonds is 6. The maximum atomic E-state index is 15.0. The van der Waals surface area contributed by atoms with Crippen LogP contribution in [0.1, 0.15) is 23.2 Å². The third-order valence-electron chi connectivity index (χ3n) is 6.78. The second-order valence-electron chi connectivity index (χ2n) is 9.51. The quantitative estimate of drug-likeness (QED) is 0.275. The lowest BCUT2D eigenvalue weighted by Gasteiger charge is -2.11. The maximum Gasteiger partial charge on any atom is 0.361 e. The minimum atomic E-state index is -1.22. The normalized spacial score (nSPS) is 11.1. The van der Waals surface area contributed by atoms with Crippen LogP contribution < -0.4 is 16.6 Å². The molecule has 6 rings (SSSR count). The highest BCUT2D eigenvalue weighted by Crippen LogP contribution is 2.24. The second kappa shape index (κ2) is 11.2. The van der Waals surface area contributed by atoms with Crippen LogP contribution in [0.4, 0.5) is 14.9 Å². The topological polar surface area (TPSA) is 159 Å². The summed E-state index contributed by atoms with van der Waals surface area (Å²) in [6.07, 6.45) is 6.49. The maximum absolute atomic E-state index is 15.0. The summed E-state index contributed by atoms with van der Waals surface area (Å²) in [5.41, 5.74) is -1.06. The number of carbonyl (C=O) groups excluding carboxylic acids is 2. The fraction of sp³-hybridized carbons (Fsp3) is 0.100. The number of nitrogens with zero attached hydrogens (tertiary/aromatic N) is 6. The van der Waals surface area contributed by atoms with Crippen molar-refractivity contribution in [2.24, 2.45) is 0 Å². The Labute approximate surface area is 247 Å². The molecule has 0 saturated heterocycles. The largest absolute Gasteiger partial charge is 0.461 e. The van der Waals surface area contributed by atoms with Crippen molar-refractivity contribution in [2.45, 2.75) is 13.8 Å². The van der Waals surface area contributed by atoms with Gasteiger partial charge in [0, 0.05) is 42.1 Å². The zero-order valence-electron chi connectivity index (χ0n) is 23.3. The van der Waals surface area contributed by atoms with Crippen molar-refractivity contribution in [2.75, 3.05) is 11.9 Å². The smallest absolute Gasteiger partial charge is 0.361 e. The van der Waals surface area contributed by atoms with E-state index in [2.05, 4.69) is 25.4 Å². The molecule has 13 nitrogen and oxygen atoms in total. The molecule has 6 aromatic rings. The molecule has 14 heteroatoms. The van der Waals surface area contributed by atoms with E-state index in [0.717, 1.165) is 15.8 Å². The number of H-pyrrole nitrogens is 1. The van der Waals surface area contributed by atoms with Gasteiger partial charge in [-0.15, -0.1) is 0 Å². The van der Waals surface area contributed by atoms with Gasteiger partial charge in [0.05, 0.1) is 18.0 Å². The molecule has 0 radical (unpaired) electrons. The fourth-order valence-electron chi connectivity index (χ4n) is 4.74. The molecule has 0 atom stereocenters. The number of halogens is 1. The predicted octanol–water partition coefficient (Wildman–Crippen LogP) is 3.83. The number of pyridine rings is 1. The molecule has 44 heavy (non-hydrogen) atoms. The number of anilines is 1. The number of carbonyl (C=O) groups is 2. The van der Waals surface area contributed by atoms with Gasteiger partial charge in [-0.05, 0) is 49.7 Å². The number of ether oxygens (including phenoxy) is 1. The van der Waals surface area contributed by atoms with Gasteiger partial charge < -0.3 is 19.6 Å². The first-order chi connectivity index (χ1) is 21.3. The summed E-state index contributed by atoms with van der Waals surface area (Å²) >= 11 is 0. The van der Waals surface area contributed by atoms with E-state index in [9.17, 15) is 19.2 Å². The van der Waals surface area contributed by atoms with Gasteiger partial charge in [0.15, 0.2) is 11.2 Å². The number of esters is 1. The molecule has 4 heterocycles. The van der Waals surface area contributed by atoms with E-state index in [1.54, 1.807) is 73.5 Å². The van der Waals surface area contributed by atoms with Crippen molar-refractivity contribution < 1.29 is 18.7 Å². The summed E-state index contributed by atoms with van der Waals surface area (Å²) < 4.78 is 23.2. The Bertz CT molecular complexity index is 2180. The van der Waals surface area contributed by atoms with Crippen molar-refractivity contribution in [3.8, 4) is 22.5 Å². The number of aromatic nitrogens is 7. The average Bonchev–Trinajstić information content (AvgIpc) is 3.62. The van der Waals surface area contributed by atoms with Crippen LogP contribution in [0.2, 0.25) is 0 Å². The molecule has 0 unspecified atom stereocenters. The number of benzene rings is 2. The highest BCUT2D eigenvalue weighted by molar-refractivity contribution is 6.01. The highest BCUT2D eigenvalue weighted by Gasteiger charge is 2.26. The van der Waals surface area contributed by atoms with Crippen molar-refractivity contribution in [1.82, 2.24) is 33.9 Å². The van der Waals surface area contributed by atoms with Crippen molar-refractivity contribution in [1.29, 1.82) is 0 Å². The van der Waals surface area contributed by atoms with Crippen LogP contribution in [0, 0.1) is 12.7 Å². The standard InChI is InChI=1S/C30H23FN8O5/c1-3-44-28(41)25-24-26(39(36-25)21-8-4-6-18(14-21)19-7-5-11-32-16-19)27(40)38(30(43)35-24)29(42)34-23-10-9-20(15-22(23)31)37-13-12-33-17(37)2/h4-16H,3H2,1-2H3,(H,34,42)(H,35,43). The second-order valence-corrected chi connectivity index (χ2v) is 9.51. The SMILES string of the molecule is CCOC(=O)c1nn(-c2cccc(-c3cccnc3)c2)c2c(=O)n(C(=O)Nc3ccc(-n4ccnc4C)cc3F)c(=O)[nH]c12. The van der Waals surface area contributed by atoms with Crippen molar-refractivity contribution in [3.05, 3.63) is 118 Å². The van der Waals surface area contributed by atoms with Gasteiger partial charge in [-0.25, -0.2) is 28.4 Å². The summed E-state index contributed by atoms with van der Waals surface area (Å²) in [5, 5.41) is 6.57. The molecular formula is C30H23FN8O5. The number of hydrogen-bond acceptors (Lipinski definition) is 8. The first-order valence-electron chi connectivity index (χ1n) is 13.3. The van der Waals surface area contributed by atoms with Crippen LogP contribution >= 0.6 is 0 Å². The molecule has 2 N–H and O–H groups in total. The highest BCUT2D eigenvalue weighted by atomic mass is 19.1. The number of aromatic amines is 1. The van der Waals surface area contributed by atoms with Gasteiger partial charge in [-0.2, -0.15) is 9.67 Å². The first kappa shape index (κ1) is 28.0. The Morgan fingerprint density at radius 3 is 2.55 bits per heavy atom. The Kier molecular flexibility index (Phi) is 7.15. The van der Waals surface area contributed by atoms with Crippen molar-refractivity contribution >= 4 is 28.7 Å². The molecular weight excluding hydrogens is 571 g/mol. The average molecular weight is 595 g/mol.